The molecule has 0 aromatic heterocycles. The molecule has 0 radical (unpaired) electrons. The average molecular weight is 469 g/mol. The van der Waals surface area contributed by atoms with E-state index in [-0.39, 0.29) is 33.9 Å². The molecular weight excluding hydrogens is 450 g/mol. The van der Waals surface area contributed by atoms with E-state index in [0.717, 1.165) is 5.56 Å². The van der Waals surface area contributed by atoms with Crippen LogP contribution in [0.25, 0.3) is 0 Å². The van der Waals surface area contributed by atoms with Gasteiger partial charge in [-0.3, -0.25) is 19.7 Å². The maximum atomic E-state index is 13.9. The van der Waals surface area contributed by atoms with Crippen LogP contribution in [0.5, 0.6) is 5.75 Å². The van der Waals surface area contributed by atoms with Gasteiger partial charge < -0.3 is 15.2 Å². The maximum absolute atomic E-state index is 13.9. The highest BCUT2D eigenvalue weighted by molar-refractivity contribution is 6.14. The number of hydrogen-bond donors (Lipinski definition) is 2. The Morgan fingerprint density at radius 1 is 1.17 bits per heavy atom. The molecule has 2 unspecified atom stereocenters. The monoisotopic (exact) mass is 469 g/mol. The van der Waals surface area contributed by atoms with E-state index >= 15 is 0 Å². The number of nitriles is 1. The lowest BCUT2D eigenvalue weighted by atomic mass is 9.82. The summed E-state index contributed by atoms with van der Waals surface area (Å²) in [4.78, 5) is 38.4. The molecule has 9 heteroatoms. The first-order chi connectivity index (χ1) is 16.6. The van der Waals surface area contributed by atoms with Crippen molar-refractivity contribution in [1.29, 1.82) is 5.26 Å². The Morgan fingerprint density at radius 2 is 1.89 bits per heavy atom. The number of nitrogens with zero attached hydrogens (tertiary/aromatic N) is 2. The van der Waals surface area contributed by atoms with Crippen molar-refractivity contribution in [3.05, 3.63) is 104 Å². The molecule has 174 valence electrons. The van der Waals surface area contributed by atoms with Gasteiger partial charge in [0.25, 0.3) is 17.4 Å². The van der Waals surface area contributed by atoms with E-state index in [1.54, 1.807) is 18.2 Å². The molecule has 2 N–H and O–H groups in total. The van der Waals surface area contributed by atoms with E-state index in [9.17, 15) is 24.8 Å². The molecule has 1 aliphatic carbocycles. The molecular formula is C26H19N3O6. The largest absolute Gasteiger partial charge is 0.454 e. The number of ether oxygens (including phenoxy) is 1. The molecule has 3 aromatic rings. The van der Waals surface area contributed by atoms with Crippen LogP contribution in [0.2, 0.25) is 0 Å². The Labute approximate surface area is 199 Å². The SMILES string of the molecule is CC(C)c1ccc2c(c1)OC1(O)c3c(cccc3[N+](=O)[O-])C(=O)C21NC(=O)c1ccc(C#N)cc1. The van der Waals surface area contributed by atoms with E-state index in [4.69, 9.17) is 10.00 Å². The van der Waals surface area contributed by atoms with Crippen LogP contribution in [0, 0.1) is 21.4 Å². The number of Topliss-reactive ketones (excluding diaryl/α,β-unsaturated/α-hetero) is 1. The number of hydrogen-bond acceptors (Lipinski definition) is 7. The second-order valence-corrected chi connectivity index (χ2v) is 8.84. The first kappa shape index (κ1) is 22.3. The lowest BCUT2D eigenvalue weighted by Gasteiger charge is -2.34. The fraction of sp³-hybridized carbons (Fsp3) is 0.192. The van der Waals surface area contributed by atoms with E-state index in [2.05, 4.69) is 5.32 Å². The number of benzene rings is 3. The molecule has 0 saturated carbocycles. The lowest BCUT2D eigenvalue weighted by Crippen LogP contribution is -2.60. The van der Waals surface area contributed by atoms with Crippen molar-refractivity contribution in [1.82, 2.24) is 5.32 Å². The molecule has 1 amide bonds. The first-order valence-electron chi connectivity index (χ1n) is 10.8. The van der Waals surface area contributed by atoms with Gasteiger partial charge in [-0.2, -0.15) is 5.26 Å². The second-order valence-electron chi connectivity index (χ2n) is 8.84. The van der Waals surface area contributed by atoms with Gasteiger partial charge in [-0.1, -0.05) is 38.1 Å². The van der Waals surface area contributed by atoms with Crippen LogP contribution in [0.15, 0.2) is 60.7 Å². The molecule has 3 aromatic carbocycles. The molecule has 2 atom stereocenters. The topological polar surface area (TPSA) is 143 Å². The molecule has 1 heterocycles. The minimum Gasteiger partial charge on any atom is -0.454 e. The molecule has 9 nitrogen and oxygen atoms in total. The minimum absolute atomic E-state index is 0.0977. The van der Waals surface area contributed by atoms with Crippen LogP contribution in [0.1, 0.15) is 62.7 Å². The van der Waals surface area contributed by atoms with Crippen molar-refractivity contribution in [3.63, 3.8) is 0 Å². The highest BCUT2D eigenvalue weighted by atomic mass is 16.6. The Balaban J connectivity index is 1.73. The third kappa shape index (κ3) is 2.90. The van der Waals surface area contributed by atoms with Crippen molar-refractivity contribution < 1.29 is 24.4 Å². The highest BCUT2D eigenvalue weighted by Gasteiger charge is 2.73. The summed E-state index contributed by atoms with van der Waals surface area (Å²) in [6, 6.07) is 16.6. The smallest absolute Gasteiger partial charge is 0.280 e. The van der Waals surface area contributed by atoms with Crippen LogP contribution in [-0.2, 0) is 11.3 Å². The van der Waals surface area contributed by atoms with Crippen molar-refractivity contribution >= 4 is 17.4 Å². The molecule has 0 spiro atoms. The molecule has 2 aliphatic rings. The van der Waals surface area contributed by atoms with Crippen molar-refractivity contribution in [2.24, 2.45) is 0 Å². The summed E-state index contributed by atoms with van der Waals surface area (Å²) >= 11 is 0. The Bertz CT molecular complexity index is 1470. The van der Waals surface area contributed by atoms with Crippen molar-refractivity contribution in [2.45, 2.75) is 31.1 Å². The van der Waals surface area contributed by atoms with Gasteiger partial charge in [-0.15, -0.1) is 0 Å². The van der Waals surface area contributed by atoms with Crippen LogP contribution in [-0.4, -0.2) is 21.7 Å². The zero-order valence-electron chi connectivity index (χ0n) is 18.7. The van der Waals surface area contributed by atoms with Gasteiger partial charge in [0, 0.05) is 22.8 Å². The third-order valence-corrected chi connectivity index (χ3v) is 6.58. The summed E-state index contributed by atoms with van der Waals surface area (Å²) in [6.07, 6.45) is 0. The van der Waals surface area contributed by atoms with Gasteiger partial charge in [0.2, 0.25) is 11.3 Å². The highest BCUT2D eigenvalue weighted by Crippen LogP contribution is 2.60. The second kappa shape index (κ2) is 7.48. The van der Waals surface area contributed by atoms with Crippen LogP contribution in [0.4, 0.5) is 5.69 Å². The summed E-state index contributed by atoms with van der Waals surface area (Å²) in [5.41, 5.74) is -1.55. The van der Waals surface area contributed by atoms with E-state index < -0.39 is 33.6 Å². The summed E-state index contributed by atoms with van der Waals surface area (Å²) < 4.78 is 5.95. The van der Waals surface area contributed by atoms with E-state index in [1.807, 2.05) is 19.9 Å². The molecule has 1 aliphatic heterocycles. The number of aliphatic hydroxyl groups is 1. The molecule has 0 saturated heterocycles. The zero-order chi connectivity index (χ0) is 25.1. The Morgan fingerprint density at radius 3 is 2.51 bits per heavy atom. The predicted molar refractivity (Wildman–Crippen MR) is 123 cm³/mol. The Kier molecular flexibility index (Phi) is 4.76. The van der Waals surface area contributed by atoms with Gasteiger partial charge in [-0.25, -0.2) is 0 Å². The summed E-state index contributed by atoms with van der Waals surface area (Å²) in [5, 5.41) is 35.5. The summed E-state index contributed by atoms with van der Waals surface area (Å²) in [6.45, 7) is 3.92. The van der Waals surface area contributed by atoms with Crippen LogP contribution >= 0.6 is 0 Å². The maximum Gasteiger partial charge on any atom is 0.280 e. The standard InChI is InChI=1S/C26H19N3O6/c1-14(2)17-10-11-19-21(12-17)35-26(32)22-18(4-3-5-20(22)29(33)34)23(30)25(19,26)28-24(31)16-8-6-15(13-27)7-9-16/h3-12,14,32H,1-2H3,(H,28,31). The molecule has 0 fully saturated rings. The van der Waals surface area contributed by atoms with Crippen molar-refractivity contribution in [2.75, 3.05) is 0 Å². The van der Waals surface area contributed by atoms with Gasteiger partial charge in [0.1, 0.15) is 11.3 Å². The number of rotatable bonds is 4. The molecule has 0 bridgehead atoms. The fourth-order valence-corrected chi connectivity index (χ4v) is 4.81. The zero-order valence-corrected chi connectivity index (χ0v) is 18.7. The fourth-order valence-electron chi connectivity index (χ4n) is 4.81. The van der Waals surface area contributed by atoms with Gasteiger partial charge in [0.15, 0.2) is 0 Å². The molecule has 35 heavy (non-hydrogen) atoms. The number of fused-ring (bicyclic) bond motifs is 5. The number of nitro benzene ring substituents is 1. The third-order valence-electron chi connectivity index (χ3n) is 6.58. The molecule has 5 rings (SSSR count). The van der Waals surface area contributed by atoms with Crippen LogP contribution in [0.3, 0.4) is 0 Å². The van der Waals surface area contributed by atoms with Crippen LogP contribution < -0.4 is 10.1 Å². The Hall–Kier alpha value is -4.55. The van der Waals surface area contributed by atoms with Gasteiger partial charge in [0.05, 0.1) is 16.6 Å². The summed E-state index contributed by atoms with van der Waals surface area (Å²) in [7, 11) is 0. The van der Waals surface area contributed by atoms with E-state index in [1.165, 1.54) is 42.5 Å². The number of carbonyl (C=O) groups excluding carboxylic acids is 2. The van der Waals surface area contributed by atoms with Gasteiger partial charge >= 0.3 is 0 Å². The van der Waals surface area contributed by atoms with Gasteiger partial charge in [-0.05, 0) is 41.8 Å². The van der Waals surface area contributed by atoms with E-state index in [0.29, 0.717) is 5.56 Å². The number of carbonyl (C=O) groups is 2. The number of amides is 1. The minimum atomic E-state index is -2.55. The average Bonchev–Trinajstić information content (AvgIpc) is 3.20. The lowest BCUT2D eigenvalue weighted by molar-refractivity contribution is -0.388. The summed E-state index contributed by atoms with van der Waals surface area (Å²) in [5.74, 6) is -3.75. The number of nitro groups is 1. The first-order valence-corrected chi connectivity index (χ1v) is 10.8. The predicted octanol–water partition coefficient (Wildman–Crippen LogP) is 3.65. The van der Waals surface area contributed by atoms with Crippen molar-refractivity contribution in [3.8, 4) is 11.8 Å². The normalized spacial score (nSPS) is 21.5. The number of nitrogens with one attached hydrogen (secondary N) is 1. The number of ketones is 1. The quantitative estimate of drug-likeness (QED) is 0.439.